The first kappa shape index (κ1) is 24.1. The molecule has 1 N–H and O–H groups in total. The molecule has 0 bridgehead atoms. The zero-order valence-corrected chi connectivity index (χ0v) is 19.7. The third kappa shape index (κ3) is 5.37. The van der Waals surface area contributed by atoms with Crippen molar-refractivity contribution in [1.29, 1.82) is 0 Å². The number of carbonyl (C=O) groups excluding carboxylic acids is 3. The number of carbonyl (C=O) groups is 3. The number of ether oxygens (including phenoxy) is 2. The zero-order chi connectivity index (χ0) is 24.8. The van der Waals surface area contributed by atoms with Crippen LogP contribution in [-0.2, 0) is 9.53 Å². The van der Waals surface area contributed by atoms with E-state index in [-0.39, 0.29) is 17.7 Å². The van der Waals surface area contributed by atoms with Crippen molar-refractivity contribution in [1.82, 2.24) is 5.32 Å². The molecule has 35 heavy (non-hydrogen) atoms. The van der Waals surface area contributed by atoms with Crippen molar-refractivity contribution in [3.05, 3.63) is 83.8 Å². The van der Waals surface area contributed by atoms with E-state index in [1.807, 2.05) is 0 Å². The summed E-state index contributed by atoms with van der Waals surface area (Å²) in [6, 6.07) is 15.6. The first-order valence-electron chi connectivity index (χ1n) is 11.5. The second kappa shape index (κ2) is 10.9. The second-order valence-electron chi connectivity index (χ2n) is 8.36. The van der Waals surface area contributed by atoms with Gasteiger partial charge in [0.2, 0.25) is 5.91 Å². The molecule has 2 aromatic carbocycles. The van der Waals surface area contributed by atoms with Gasteiger partial charge in [0, 0.05) is 11.7 Å². The van der Waals surface area contributed by atoms with Gasteiger partial charge in [0.25, 0.3) is 5.91 Å². The van der Waals surface area contributed by atoms with E-state index in [9.17, 15) is 14.4 Å². The molecule has 0 radical (unpaired) electrons. The topological polar surface area (TPSA) is 98.1 Å². The number of nitrogens with one attached hydrogen (secondary N) is 1. The molecule has 8 nitrogen and oxygen atoms in total. The molecular formula is C27H28N2O6. The fourth-order valence-corrected chi connectivity index (χ4v) is 4.33. The monoisotopic (exact) mass is 476 g/mol. The van der Waals surface area contributed by atoms with Crippen molar-refractivity contribution in [2.45, 2.75) is 37.8 Å². The molecule has 0 aliphatic heterocycles. The number of methoxy groups -OCH3 is 2. The summed E-state index contributed by atoms with van der Waals surface area (Å²) < 4.78 is 15.5. The van der Waals surface area contributed by atoms with Crippen molar-refractivity contribution in [3.8, 4) is 5.75 Å². The van der Waals surface area contributed by atoms with E-state index >= 15 is 0 Å². The normalized spacial score (nSPS) is 14.2. The van der Waals surface area contributed by atoms with E-state index in [1.165, 1.54) is 18.3 Å². The van der Waals surface area contributed by atoms with Crippen molar-refractivity contribution < 1.29 is 28.3 Å². The maximum absolute atomic E-state index is 13.7. The Morgan fingerprint density at radius 2 is 1.66 bits per heavy atom. The number of amides is 2. The average molecular weight is 477 g/mol. The van der Waals surface area contributed by atoms with Gasteiger partial charge in [-0.1, -0.05) is 25.0 Å². The highest BCUT2D eigenvalue weighted by molar-refractivity contribution is 6.09. The number of nitrogens with zero attached hydrogens (tertiary/aromatic N) is 1. The van der Waals surface area contributed by atoms with Crippen LogP contribution in [0.25, 0.3) is 0 Å². The number of rotatable bonds is 8. The Morgan fingerprint density at radius 3 is 2.23 bits per heavy atom. The smallest absolute Gasteiger partial charge is 0.337 e. The Labute approximate surface area is 203 Å². The van der Waals surface area contributed by atoms with Crippen molar-refractivity contribution in [2.75, 3.05) is 19.1 Å². The number of hydrogen-bond acceptors (Lipinski definition) is 6. The van der Waals surface area contributed by atoms with Gasteiger partial charge in [-0.05, 0) is 66.9 Å². The Balaban J connectivity index is 1.79. The molecule has 1 aromatic heterocycles. The molecule has 1 saturated carbocycles. The predicted octanol–water partition coefficient (Wildman–Crippen LogP) is 4.52. The molecule has 4 rings (SSSR count). The van der Waals surface area contributed by atoms with Crippen LogP contribution in [0.4, 0.5) is 5.69 Å². The largest absolute Gasteiger partial charge is 0.497 e. The fourth-order valence-electron chi connectivity index (χ4n) is 4.33. The maximum atomic E-state index is 13.7. The Bertz CT molecular complexity index is 1150. The molecule has 1 aliphatic carbocycles. The van der Waals surface area contributed by atoms with Gasteiger partial charge in [0.15, 0.2) is 5.76 Å². The van der Waals surface area contributed by atoms with Gasteiger partial charge in [-0.3, -0.25) is 14.5 Å². The van der Waals surface area contributed by atoms with Crippen LogP contribution in [0, 0.1) is 0 Å². The van der Waals surface area contributed by atoms with Crippen LogP contribution in [0.2, 0.25) is 0 Å². The molecule has 1 fully saturated rings. The molecule has 0 unspecified atom stereocenters. The number of hydrogen-bond donors (Lipinski definition) is 1. The summed E-state index contributed by atoms with van der Waals surface area (Å²) in [5.41, 5.74) is 1.37. The Hall–Kier alpha value is -4.07. The second-order valence-corrected chi connectivity index (χ2v) is 8.36. The lowest BCUT2D eigenvalue weighted by Crippen LogP contribution is -2.46. The summed E-state index contributed by atoms with van der Waals surface area (Å²) in [5, 5.41) is 3.13. The zero-order valence-electron chi connectivity index (χ0n) is 19.7. The molecule has 182 valence electrons. The first-order valence-corrected chi connectivity index (χ1v) is 11.5. The molecule has 1 aliphatic rings. The highest BCUT2D eigenvalue weighted by Gasteiger charge is 2.36. The predicted molar refractivity (Wildman–Crippen MR) is 129 cm³/mol. The molecule has 3 aromatic rings. The van der Waals surface area contributed by atoms with E-state index in [4.69, 9.17) is 13.9 Å². The molecular weight excluding hydrogens is 448 g/mol. The van der Waals surface area contributed by atoms with Gasteiger partial charge in [-0.25, -0.2) is 4.79 Å². The minimum atomic E-state index is -0.983. The Morgan fingerprint density at radius 1 is 0.971 bits per heavy atom. The maximum Gasteiger partial charge on any atom is 0.337 e. The van der Waals surface area contributed by atoms with Crippen molar-refractivity contribution in [2.24, 2.45) is 0 Å². The molecule has 8 heteroatoms. The van der Waals surface area contributed by atoms with E-state index in [0.717, 1.165) is 25.7 Å². The summed E-state index contributed by atoms with van der Waals surface area (Å²) in [7, 11) is 2.87. The van der Waals surface area contributed by atoms with E-state index in [1.54, 1.807) is 67.8 Å². The van der Waals surface area contributed by atoms with Crippen LogP contribution >= 0.6 is 0 Å². The van der Waals surface area contributed by atoms with Crippen molar-refractivity contribution >= 4 is 23.5 Å². The van der Waals surface area contributed by atoms with Crippen LogP contribution in [0.3, 0.4) is 0 Å². The molecule has 1 heterocycles. The van der Waals surface area contributed by atoms with Gasteiger partial charge in [-0.2, -0.15) is 0 Å². The van der Waals surface area contributed by atoms with Crippen LogP contribution in [0.5, 0.6) is 5.75 Å². The van der Waals surface area contributed by atoms with Gasteiger partial charge in [0.05, 0.1) is 26.0 Å². The lowest BCUT2D eigenvalue weighted by atomic mass is 10.0. The molecule has 0 saturated heterocycles. The van der Waals surface area contributed by atoms with Crippen LogP contribution in [0.1, 0.15) is 58.2 Å². The van der Waals surface area contributed by atoms with E-state index < -0.39 is 17.9 Å². The lowest BCUT2D eigenvalue weighted by molar-refractivity contribution is -0.123. The number of anilines is 1. The summed E-state index contributed by atoms with van der Waals surface area (Å²) in [6.45, 7) is 0. The number of furan rings is 1. The minimum Gasteiger partial charge on any atom is -0.497 e. The number of benzene rings is 2. The van der Waals surface area contributed by atoms with E-state index in [2.05, 4.69) is 5.32 Å². The summed E-state index contributed by atoms with van der Waals surface area (Å²) in [4.78, 5) is 40.8. The third-order valence-corrected chi connectivity index (χ3v) is 6.16. The van der Waals surface area contributed by atoms with Crippen LogP contribution < -0.4 is 15.0 Å². The highest BCUT2D eigenvalue weighted by Crippen LogP contribution is 2.32. The first-order chi connectivity index (χ1) is 17.0. The van der Waals surface area contributed by atoms with Crippen LogP contribution in [-0.4, -0.2) is 38.0 Å². The Kier molecular flexibility index (Phi) is 7.50. The highest BCUT2D eigenvalue weighted by atomic mass is 16.5. The molecule has 1 atom stereocenters. The quantitative estimate of drug-likeness (QED) is 0.480. The van der Waals surface area contributed by atoms with Gasteiger partial charge in [-0.15, -0.1) is 0 Å². The standard InChI is InChI=1S/C27H28N2O6/c1-33-22-15-11-18(12-16-22)24(25(30)28-20-6-3-4-7-20)29(26(31)23-8-5-17-35-23)21-13-9-19(10-14-21)27(32)34-2/h5,8-17,20,24H,3-4,6-7H2,1-2H3,(H,28,30)/t24-/m1/s1. The van der Waals surface area contributed by atoms with Gasteiger partial charge in [0.1, 0.15) is 11.8 Å². The van der Waals surface area contributed by atoms with E-state index in [0.29, 0.717) is 22.6 Å². The SMILES string of the molecule is COC(=O)c1ccc(N(C(=O)c2ccco2)[C@@H](C(=O)NC2CCCC2)c2ccc(OC)cc2)cc1. The average Bonchev–Trinajstić information content (AvgIpc) is 3.61. The number of esters is 1. The lowest BCUT2D eigenvalue weighted by Gasteiger charge is -2.32. The van der Waals surface area contributed by atoms with Crippen LogP contribution in [0.15, 0.2) is 71.3 Å². The summed E-state index contributed by atoms with van der Waals surface area (Å²) in [5.74, 6) is -0.544. The van der Waals surface area contributed by atoms with Crippen molar-refractivity contribution in [3.63, 3.8) is 0 Å². The minimum absolute atomic E-state index is 0.0607. The fraction of sp³-hybridized carbons (Fsp3) is 0.296. The molecule has 0 spiro atoms. The third-order valence-electron chi connectivity index (χ3n) is 6.16. The van der Waals surface area contributed by atoms with Gasteiger partial charge < -0.3 is 19.2 Å². The molecule has 2 amide bonds. The summed E-state index contributed by atoms with van der Waals surface area (Å²) >= 11 is 0. The summed E-state index contributed by atoms with van der Waals surface area (Å²) in [6.07, 6.45) is 5.33. The van der Waals surface area contributed by atoms with Gasteiger partial charge >= 0.3 is 5.97 Å².